The Morgan fingerprint density at radius 3 is 2.22 bits per heavy atom. The van der Waals surface area contributed by atoms with Crippen molar-refractivity contribution in [1.29, 1.82) is 0 Å². The Hall–Kier alpha value is -2.60. The average Bonchev–Trinajstić information content (AvgIpc) is 2.67. The van der Waals surface area contributed by atoms with Crippen LogP contribution in [0.4, 0.5) is 11.6 Å². The normalized spacial score (nSPS) is 14.7. The molecular formula is C20H22ClN5O. The van der Waals surface area contributed by atoms with Crippen molar-refractivity contribution < 1.29 is 4.74 Å². The van der Waals surface area contributed by atoms with E-state index in [0.29, 0.717) is 11.0 Å². The van der Waals surface area contributed by atoms with Crippen molar-refractivity contribution in [1.82, 2.24) is 15.0 Å². The Bertz CT molecular complexity index is 965. The van der Waals surface area contributed by atoms with Crippen molar-refractivity contribution in [3.63, 3.8) is 0 Å². The molecule has 6 nitrogen and oxygen atoms in total. The van der Waals surface area contributed by atoms with Gasteiger partial charge in [-0.3, -0.25) is 0 Å². The first-order chi connectivity index (χ1) is 13.0. The summed E-state index contributed by atoms with van der Waals surface area (Å²) in [6.45, 7) is 7.44. The number of pyridine rings is 1. The van der Waals surface area contributed by atoms with Gasteiger partial charge < -0.3 is 14.5 Å². The van der Waals surface area contributed by atoms with E-state index < -0.39 is 0 Å². The van der Waals surface area contributed by atoms with E-state index in [1.807, 2.05) is 25.1 Å². The minimum atomic E-state index is 0.485. The minimum absolute atomic E-state index is 0.485. The topological polar surface area (TPSA) is 54.4 Å². The van der Waals surface area contributed by atoms with E-state index in [4.69, 9.17) is 21.3 Å². The average molecular weight is 384 g/mol. The number of benzene rings is 1. The lowest BCUT2D eigenvalue weighted by Crippen LogP contribution is -2.47. The predicted octanol–water partition coefficient (Wildman–Crippen LogP) is 3.63. The highest BCUT2D eigenvalue weighted by Crippen LogP contribution is 2.30. The molecule has 0 aliphatic carbocycles. The maximum Gasteiger partial charge on any atom is 0.145 e. The summed E-state index contributed by atoms with van der Waals surface area (Å²) in [5.41, 5.74) is 2.12. The molecule has 1 fully saturated rings. The highest BCUT2D eigenvalue weighted by atomic mass is 35.5. The van der Waals surface area contributed by atoms with Gasteiger partial charge in [0.25, 0.3) is 0 Å². The van der Waals surface area contributed by atoms with E-state index in [0.717, 1.165) is 54.5 Å². The van der Waals surface area contributed by atoms with Crippen LogP contribution in [0.5, 0.6) is 5.75 Å². The van der Waals surface area contributed by atoms with E-state index in [-0.39, 0.29) is 0 Å². The summed E-state index contributed by atoms with van der Waals surface area (Å²) < 4.78 is 5.51. The number of rotatable bonds is 3. The zero-order valence-corrected chi connectivity index (χ0v) is 16.5. The van der Waals surface area contributed by atoms with E-state index in [2.05, 4.69) is 38.8 Å². The van der Waals surface area contributed by atoms with Crippen LogP contribution >= 0.6 is 11.6 Å². The molecule has 0 bridgehead atoms. The Labute approximate surface area is 163 Å². The molecule has 2 aromatic heterocycles. The highest BCUT2D eigenvalue weighted by molar-refractivity contribution is 6.29. The third-order valence-corrected chi connectivity index (χ3v) is 5.13. The number of methoxy groups -OCH3 is 1. The van der Waals surface area contributed by atoms with E-state index in [9.17, 15) is 0 Å². The summed E-state index contributed by atoms with van der Waals surface area (Å²) in [7, 11) is 1.69. The van der Waals surface area contributed by atoms with Crippen molar-refractivity contribution in [2.75, 3.05) is 43.1 Å². The second-order valence-electron chi connectivity index (χ2n) is 6.72. The standard InChI is InChI=1S/C20H22ClN5O/c1-13-11-18(24-20-15(13)5-4-6-16(20)27-3)25-7-9-26(10-8-25)19-12-17(21)22-14(2)23-19/h4-6,11-12H,7-10H2,1-3H3. The van der Waals surface area contributed by atoms with Gasteiger partial charge in [-0.15, -0.1) is 0 Å². The molecule has 7 heteroatoms. The van der Waals surface area contributed by atoms with Gasteiger partial charge in [0.15, 0.2) is 0 Å². The highest BCUT2D eigenvalue weighted by Gasteiger charge is 2.21. The lowest BCUT2D eigenvalue weighted by atomic mass is 10.1. The van der Waals surface area contributed by atoms with Crippen molar-refractivity contribution in [2.24, 2.45) is 0 Å². The summed E-state index contributed by atoms with van der Waals surface area (Å²) in [5, 5.41) is 1.61. The van der Waals surface area contributed by atoms with Gasteiger partial charge >= 0.3 is 0 Å². The molecule has 0 unspecified atom stereocenters. The quantitative estimate of drug-likeness (QED) is 0.644. The Balaban J connectivity index is 1.57. The molecule has 1 aromatic carbocycles. The SMILES string of the molecule is COc1cccc2c(C)cc(N3CCN(c4cc(Cl)nc(C)n4)CC3)nc12. The maximum absolute atomic E-state index is 6.09. The molecule has 1 aliphatic heterocycles. The van der Waals surface area contributed by atoms with Gasteiger partial charge in [-0.2, -0.15) is 0 Å². The molecule has 1 aliphatic rings. The molecule has 0 amide bonds. The Kier molecular flexibility index (Phi) is 4.74. The van der Waals surface area contributed by atoms with E-state index >= 15 is 0 Å². The maximum atomic E-state index is 6.09. The third-order valence-electron chi connectivity index (χ3n) is 4.94. The molecule has 0 radical (unpaired) electrons. The number of hydrogen-bond donors (Lipinski definition) is 0. The summed E-state index contributed by atoms with van der Waals surface area (Å²) >= 11 is 6.09. The first-order valence-electron chi connectivity index (χ1n) is 9.00. The van der Waals surface area contributed by atoms with Crippen LogP contribution in [0.3, 0.4) is 0 Å². The summed E-state index contributed by atoms with van der Waals surface area (Å²) in [4.78, 5) is 18.1. The summed E-state index contributed by atoms with van der Waals surface area (Å²) in [6.07, 6.45) is 0. The zero-order valence-electron chi connectivity index (χ0n) is 15.7. The Morgan fingerprint density at radius 2 is 1.59 bits per heavy atom. The van der Waals surface area contributed by atoms with E-state index in [1.165, 1.54) is 5.56 Å². The molecule has 0 spiro atoms. The lowest BCUT2D eigenvalue weighted by Gasteiger charge is -2.36. The number of fused-ring (bicyclic) bond motifs is 1. The number of aromatic nitrogens is 3. The first-order valence-corrected chi connectivity index (χ1v) is 9.38. The fourth-order valence-electron chi connectivity index (χ4n) is 3.54. The number of anilines is 2. The fraction of sp³-hybridized carbons (Fsp3) is 0.350. The molecule has 4 rings (SSSR count). The van der Waals surface area contributed by atoms with Crippen LogP contribution in [-0.2, 0) is 0 Å². The van der Waals surface area contributed by atoms with Gasteiger partial charge in [0, 0.05) is 37.6 Å². The molecule has 0 N–H and O–H groups in total. The number of ether oxygens (including phenoxy) is 1. The van der Waals surface area contributed by atoms with Gasteiger partial charge in [0.05, 0.1) is 7.11 Å². The van der Waals surface area contributed by atoms with Gasteiger partial charge in [-0.25, -0.2) is 15.0 Å². The summed E-state index contributed by atoms with van der Waals surface area (Å²) in [5.74, 6) is 3.37. The van der Waals surface area contributed by atoms with Crippen LogP contribution in [0, 0.1) is 13.8 Å². The minimum Gasteiger partial charge on any atom is -0.494 e. The van der Waals surface area contributed by atoms with Crippen LogP contribution < -0.4 is 14.5 Å². The van der Waals surface area contributed by atoms with Crippen LogP contribution in [-0.4, -0.2) is 48.2 Å². The Morgan fingerprint density at radius 1 is 0.926 bits per heavy atom. The molecule has 3 heterocycles. The molecular weight excluding hydrogens is 362 g/mol. The molecule has 1 saturated heterocycles. The van der Waals surface area contributed by atoms with Crippen LogP contribution in [0.2, 0.25) is 5.15 Å². The number of hydrogen-bond acceptors (Lipinski definition) is 6. The molecule has 27 heavy (non-hydrogen) atoms. The van der Waals surface area contributed by atoms with Crippen molar-refractivity contribution in [3.8, 4) is 5.75 Å². The van der Waals surface area contributed by atoms with Crippen molar-refractivity contribution in [3.05, 3.63) is 46.9 Å². The zero-order chi connectivity index (χ0) is 19.0. The van der Waals surface area contributed by atoms with Gasteiger partial charge in [0.2, 0.25) is 0 Å². The second kappa shape index (κ2) is 7.19. The van der Waals surface area contributed by atoms with Crippen LogP contribution in [0.25, 0.3) is 10.9 Å². The molecule has 0 saturated carbocycles. The number of halogens is 1. The molecule has 140 valence electrons. The van der Waals surface area contributed by atoms with Crippen molar-refractivity contribution in [2.45, 2.75) is 13.8 Å². The van der Waals surface area contributed by atoms with Gasteiger partial charge in [-0.05, 0) is 31.5 Å². The fourth-order valence-corrected chi connectivity index (χ4v) is 3.76. The second-order valence-corrected chi connectivity index (χ2v) is 7.11. The van der Waals surface area contributed by atoms with Crippen molar-refractivity contribution >= 4 is 34.1 Å². The summed E-state index contributed by atoms with van der Waals surface area (Å²) in [6, 6.07) is 10.0. The van der Waals surface area contributed by atoms with Gasteiger partial charge in [-0.1, -0.05) is 23.7 Å². The van der Waals surface area contributed by atoms with Crippen LogP contribution in [0.15, 0.2) is 30.3 Å². The number of piperazine rings is 1. The third kappa shape index (κ3) is 3.49. The number of para-hydroxylation sites is 1. The molecule has 0 atom stereocenters. The van der Waals surface area contributed by atoms with Crippen LogP contribution in [0.1, 0.15) is 11.4 Å². The van der Waals surface area contributed by atoms with E-state index in [1.54, 1.807) is 7.11 Å². The predicted molar refractivity (Wildman–Crippen MR) is 109 cm³/mol. The largest absolute Gasteiger partial charge is 0.494 e. The smallest absolute Gasteiger partial charge is 0.145 e. The first kappa shape index (κ1) is 17.8. The monoisotopic (exact) mass is 383 g/mol. The van der Waals surface area contributed by atoms with Gasteiger partial charge in [0.1, 0.15) is 33.9 Å². The number of aryl methyl sites for hydroxylation is 2. The molecule has 3 aromatic rings. The number of nitrogens with zero attached hydrogens (tertiary/aromatic N) is 5. The lowest BCUT2D eigenvalue weighted by molar-refractivity contribution is 0.419.